The molecule has 0 amide bonds. The van der Waals surface area contributed by atoms with Crippen LogP contribution in [0, 0.1) is 0 Å². The molecule has 2 aromatic carbocycles. The number of halogens is 1. The van der Waals surface area contributed by atoms with E-state index in [1.54, 1.807) is 0 Å². The van der Waals surface area contributed by atoms with Gasteiger partial charge < -0.3 is 15.0 Å². The van der Waals surface area contributed by atoms with Gasteiger partial charge in [-0.25, -0.2) is 0 Å². The lowest BCUT2D eigenvalue weighted by Gasteiger charge is -2.32. The fourth-order valence-electron chi connectivity index (χ4n) is 4.11. The van der Waals surface area contributed by atoms with Gasteiger partial charge in [0.05, 0.1) is 24.6 Å². The molecule has 1 atom stereocenters. The van der Waals surface area contributed by atoms with Crippen molar-refractivity contribution in [3.8, 4) is 0 Å². The second-order valence-corrected chi connectivity index (χ2v) is 7.90. The molecule has 0 spiro atoms. The van der Waals surface area contributed by atoms with Gasteiger partial charge in [0.1, 0.15) is 6.17 Å². The molecule has 1 unspecified atom stereocenters. The first-order chi connectivity index (χ1) is 14.3. The molecule has 5 rings (SSSR count). The lowest BCUT2D eigenvalue weighted by Crippen LogP contribution is -2.40. The first-order valence-electron chi connectivity index (χ1n) is 10.1. The summed E-state index contributed by atoms with van der Waals surface area (Å²) in [7, 11) is 0. The van der Waals surface area contributed by atoms with E-state index < -0.39 is 0 Å². The molecular formula is C24H24ClN3O. The number of allylic oxidation sites excluding steroid dienone is 2. The Morgan fingerprint density at radius 1 is 1.00 bits per heavy atom. The van der Waals surface area contributed by atoms with Gasteiger partial charge in [-0.2, -0.15) is 0 Å². The maximum Gasteiger partial charge on any atom is 0.123 e. The minimum atomic E-state index is 0.102. The van der Waals surface area contributed by atoms with Gasteiger partial charge in [-0.15, -0.1) is 0 Å². The Labute approximate surface area is 176 Å². The largest absolute Gasteiger partial charge is 0.379 e. The van der Waals surface area contributed by atoms with E-state index in [2.05, 4.69) is 69.9 Å². The monoisotopic (exact) mass is 405 g/mol. The summed E-state index contributed by atoms with van der Waals surface area (Å²) >= 11 is 6.57. The third kappa shape index (κ3) is 3.71. The van der Waals surface area contributed by atoms with Crippen molar-refractivity contribution in [2.45, 2.75) is 6.17 Å². The number of benzene rings is 2. The van der Waals surface area contributed by atoms with Crippen LogP contribution in [0.5, 0.6) is 0 Å². The molecule has 0 radical (unpaired) electrons. The van der Waals surface area contributed by atoms with Gasteiger partial charge in [-0.1, -0.05) is 66.2 Å². The number of fused-ring (bicyclic) bond motifs is 1. The predicted octanol–water partition coefficient (Wildman–Crippen LogP) is 4.18. The summed E-state index contributed by atoms with van der Waals surface area (Å²) in [4.78, 5) is 4.81. The Morgan fingerprint density at radius 2 is 1.76 bits per heavy atom. The van der Waals surface area contributed by atoms with E-state index in [9.17, 15) is 0 Å². The van der Waals surface area contributed by atoms with Crippen LogP contribution in [0.25, 0.3) is 11.3 Å². The highest BCUT2D eigenvalue weighted by atomic mass is 35.5. The highest BCUT2D eigenvalue weighted by Crippen LogP contribution is 2.36. The zero-order valence-electron chi connectivity index (χ0n) is 16.2. The zero-order chi connectivity index (χ0) is 19.6. The Hall–Kier alpha value is -2.53. The number of nitrogens with one attached hydrogen (secondary N) is 1. The highest BCUT2D eigenvalue weighted by molar-refractivity contribution is 6.32. The van der Waals surface area contributed by atoms with Crippen LogP contribution >= 0.6 is 11.6 Å². The Kier molecular flexibility index (Phi) is 5.15. The van der Waals surface area contributed by atoms with E-state index in [1.807, 2.05) is 18.2 Å². The number of rotatable bonds is 4. The minimum absolute atomic E-state index is 0.102. The summed E-state index contributed by atoms with van der Waals surface area (Å²) in [6.45, 7) is 4.33. The van der Waals surface area contributed by atoms with E-state index in [1.165, 1.54) is 16.8 Å². The van der Waals surface area contributed by atoms with E-state index in [0.29, 0.717) is 0 Å². The molecule has 0 saturated carbocycles. The molecule has 3 aliphatic rings. The Bertz CT molecular complexity index is 977. The molecule has 4 nitrogen and oxygen atoms in total. The van der Waals surface area contributed by atoms with Gasteiger partial charge >= 0.3 is 0 Å². The number of ether oxygens (including phenoxy) is 1. The summed E-state index contributed by atoms with van der Waals surface area (Å²) in [5.74, 6) is 0. The molecule has 0 aliphatic carbocycles. The van der Waals surface area contributed by atoms with Crippen molar-refractivity contribution in [2.75, 3.05) is 32.8 Å². The SMILES string of the molecule is Clc1ccccc1C1=C(CN2CCOCC2)N2C=C(c3ccccc3)C=CC2N1. The number of hydrogen-bond donors (Lipinski definition) is 1. The van der Waals surface area contributed by atoms with Gasteiger partial charge in [0, 0.05) is 36.4 Å². The van der Waals surface area contributed by atoms with Crippen LogP contribution < -0.4 is 5.32 Å². The summed E-state index contributed by atoms with van der Waals surface area (Å²) in [6.07, 6.45) is 6.79. The summed E-state index contributed by atoms with van der Waals surface area (Å²) in [5, 5.41) is 4.46. The van der Waals surface area contributed by atoms with Crippen molar-refractivity contribution >= 4 is 22.9 Å². The standard InChI is InChI=1S/C24H24ClN3O/c25-21-9-5-4-8-20(21)24-22(17-27-12-14-29-15-13-27)28-16-19(10-11-23(28)26-24)18-6-2-1-3-7-18/h1-11,16,23,26H,12-15,17H2. The lowest BCUT2D eigenvalue weighted by atomic mass is 10.0. The molecule has 1 fully saturated rings. The van der Waals surface area contributed by atoms with Crippen LogP contribution in [-0.2, 0) is 4.74 Å². The molecular weight excluding hydrogens is 382 g/mol. The van der Waals surface area contributed by atoms with Crippen molar-refractivity contribution in [3.63, 3.8) is 0 Å². The quantitative estimate of drug-likeness (QED) is 0.825. The van der Waals surface area contributed by atoms with Crippen molar-refractivity contribution < 1.29 is 4.74 Å². The van der Waals surface area contributed by atoms with Gasteiger partial charge in [-0.3, -0.25) is 4.90 Å². The molecule has 0 aromatic heterocycles. The first kappa shape index (κ1) is 18.5. The number of hydrogen-bond acceptors (Lipinski definition) is 4. The van der Waals surface area contributed by atoms with Gasteiger partial charge in [0.2, 0.25) is 0 Å². The van der Waals surface area contributed by atoms with Crippen LogP contribution in [0.3, 0.4) is 0 Å². The van der Waals surface area contributed by atoms with Crippen molar-refractivity contribution in [2.24, 2.45) is 0 Å². The minimum Gasteiger partial charge on any atom is -0.379 e. The van der Waals surface area contributed by atoms with Crippen molar-refractivity contribution in [1.82, 2.24) is 15.1 Å². The molecule has 29 heavy (non-hydrogen) atoms. The molecule has 3 heterocycles. The molecule has 1 saturated heterocycles. The average molecular weight is 406 g/mol. The molecule has 2 aromatic rings. The summed E-state index contributed by atoms with van der Waals surface area (Å²) in [5.41, 5.74) is 5.85. The van der Waals surface area contributed by atoms with Gasteiger partial charge in [0.25, 0.3) is 0 Å². The summed E-state index contributed by atoms with van der Waals surface area (Å²) in [6, 6.07) is 18.6. The fraction of sp³-hybridized carbons (Fsp3) is 0.250. The molecule has 148 valence electrons. The van der Waals surface area contributed by atoms with E-state index in [4.69, 9.17) is 16.3 Å². The lowest BCUT2D eigenvalue weighted by molar-refractivity contribution is 0.0401. The van der Waals surface area contributed by atoms with Gasteiger partial charge in [-0.05, 0) is 23.3 Å². The first-order valence-corrected chi connectivity index (χ1v) is 10.5. The van der Waals surface area contributed by atoms with Crippen molar-refractivity contribution in [3.05, 3.63) is 94.8 Å². The van der Waals surface area contributed by atoms with E-state index >= 15 is 0 Å². The smallest absolute Gasteiger partial charge is 0.123 e. The predicted molar refractivity (Wildman–Crippen MR) is 118 cm³/mol. The molecule has 5 heteroatoms. The Balaban J connectivity index is 1.55. The van der Waals surface area contributed by atoms with E-state index in [0.717, 1.165) is 49.1 Å². The molecule has 3 aliphatic heterocycles. The Morgan fingerprint density at radius 3 is 2.55 bits per heavy atom. The second-order valence-electron chi connectivity index (χ2n) is 7.50. The van der Waals surface area contributed by atoms with Crippen LogP contribution in [-0.4, -0.2) is 48.8 Å². The van der Waals surface area contributed by atoms with Crippen LogP contribution in [0.2, 0.25) is 5.02 Å². The summed E-state index contributed by atoms with van der Waals surface area (Å²) < 4.78 is 5.55. The van der Waals surface area contributed by atoms with Crippen LogP contribution in [0.15, 0.2) is 78.6 Å². The third-order valence-electron chi connectivity index (χ3n) is 5.66. The topological polar surface area (TPSA) is 27.7 Å². The van der Waals surface area contributed by atoms with Crippen LogP contribution in [0.4, 0.5) is 0 Å². The normalized spacial score (nSPS) is 21.8. The third-order valence-corrected chi connectivity index (χ3v) is 5.99. The van der Waals surface area contributed by atoms with Crippen molar-refractivity contribution in [1.29, 1.82) is 0 Å². The number of morpholine rings is 1. The highest BCUT2D eigenvalue weighted by Gasteiger charge is 2.33. The van der Waals surface area contributed by atoms with Gasteiger partial charge in [0.15, 0.2) is 0 Å². The molecule has 0 bridgehead atoms. The second kappa shape index (κ2) is 8.07. The van der Waals surface area contributed by atoms with Crippen LogP contribution in [0.1, 0.15) is 11.1 Å². The average Bonchev–Trinajstić information content (AvgIpc) is 3.13. The maximum atomic E-state index is 6.57. The molecule has 1 N–H and O–H groups in total. The van der Waals surface area contributed by atoms with E-state index in [-0.39, 0.29) is 6.17 Å². The maximum absolute atomic E-state index is 6.57. The fourth-order valence-corrected chi connectivity index (χ4v) is 4.35. The number of nitrogens with zero attached hydrogens (tertiary/aromatic N) is 2. The zero-order valence-corrected chi connectivity index (χ0v) is 17.0.